The fraction of sp³-hybridized carbons (Fsp3) is 0.917. The second-order valence-electron chi connectivity index (χ2n) is 5.80. The maximum atomic E-state index is 12.0. The van der Waals surface area contributed by atoms with E-state index in [1.54, 1.807) is 0 Å². The number of carbonyl (C=O) groups excluding carboxylic acids is 1. The van der Waals surface area contributed by atoms with E-state index in [0.717, 1.165) is 25.9 Å². The molecule has 0 aliphatic carbocycles. The topological polar surface area (TPSA) is 41.6 Å². The largest absolute Gasteiger partial charge is 0.444 e. The molecule has 0 aromatic carbocycles. The van der Waals surface area contributed by atoms with E-state index in [0.29, 0.717) is 12.1 Å². The average Bonchev–Trinajstić information content (AvgIpc) is 2.48. The molecule has 0 aromatic heterocycles. The molecule has 3 rings (SSSR count). The zero-order valence-electron chi connectivity index (χ0n) is 10.5. The maximum absolute atomic E-state index is 12.0. The van der Waals surface area contributed by atoms with Gasteiger partial charge in [-0.15, -0.1) is 0 Å². The Morgan fingerprint density at radius 2 is 2.06 bits per heavy atom. The van der Waals surface area contributed by atoms with Crippen LogP contribution in [0, 0.1) is 0 Å². The van der Waals surface area contributed by atoms with Gasteiger partial charge in [-0.1, -0.05) is 0 Å². The molecule has 3 fully saturated rings. The summed E-state index contributed by atoms with van der Waals surface area (Å²) < 4.78 is 5.44. The van der Waals surface area contributed by atoms with Crippen LogP contribution in [-0.4, -0.2) is 41.8 Å². The zero-order chi connectivity index (χ0) is 11.8. The molecule has 3 heterocycles. The molecule has 0 aromatic rings. The number of nitrogens with zero attached hydrogens (tertiary/aromatic N) is 1. The Labute approximate surface area is 97.3 Å². The first-order chi connectivity index (χ1) is 7.46. The van der Waals surface area contributed by atoms with Gasteiger partial charge >= 0.3 is 6.09 Å². The van der Waals surface area contributed by atoms with Gasteiger partial charge in [-0.2, -0.15) is 0 Å². The van der Waals surface area contributed by atoms with Crippen LogP contribution in [0.5, 0.6) is 0 Å². The third-order valence-corrected chi connectivity index (χ3v) is 3.24. The number of amides is 1. The number of hydrogen-bond acceptors (Lipinski definition) is 3. The summed E-state index contributed by atoms with van der Waals surface area (Å²) in [6.07, 6.45) is 3.20. The van der Waals surface area contributed by atoms with E-state index in [1.807, 2.05) is 25.7 Å². The Bertz CT molecular complexity index is 269. The Morgan fingerprint density at radius 1 is 1.31 bits per heavy atom. The van der Waals surface area contributed by atoms with E-state index >= 15 is 0 Å². The van der Waals surface area contributed by atoms with Crippen molar-refractivity contribution in [2.24, 2.45) is 0 Å². The number of nitrogens with one attached hydrogen (secondary N) is 1. The van der Waals surface area contributed by atoms with E-state index < -0.39 is 5.60 Å². The molecule has 3 aliphatic heterocycles. The van der Waals surface area contributed by atoms with Crippen molar-refractivity contribution in [2.75, 3.05) is 13.1 Å². The van der Waals surface area contributed by atoms with E-state index in [4.69, 9.17) is 4.74 Å². The summed E-state index contributed by atoms with van der Waals surface area (Å²) in [6.45, 7) is 7.58. The van der Waals surface area contributed by atoms with Crippen molar-refractivity contribution >= 4 is 6.09 Å². The number of rotatable bonds is 0. The molecule has 16 heavy (non-hydrogen) atoms. The summed E-state index contributed by atoms with van der Waals surface area (Å²) >= 11 is 0. The van der Waals surface area contributed by atoms with Crippen LogP contribution in [0.15, 0.2) is 0 Å². The van der Waals surface area contributed by atoms with Crippen molar-refractivity contribution in [1.82, 2.24) is 10.2 Å². The summed E-state index contributed by atoms with van der Waals surface area (Å²) in [5.74, 6) is 0. The molecule has 1 amide bonds. The maximum Gasteiger partial charge on any atom is 0.410 e. The van der Waals surface area contributed by atoms with Crippen LogP contribution in [0.4, 0.5) is 4.79 Å². The Hall–Kier alpha value is -0.770. The molecule has 3 aliphatic rings. The van der Waals surface area contributed by atoms with Gasteiger partial charge in [0.1, 0.15) is 5.60 Å². The highest BCUT2D eigenvalue weighted by Gasteiger charge is 2.36. The van der Waals surface area contributed by atoms with E-state index in [2.05, 4.69) is 5.32 Å². The van der Waals surface area contributed by atoms with Gasteiger partial charge in [0, 0.05) is 18.6 Å². The van der Waals surface area contributed by atoms with Crippen LogP contribution in [0.1, 0.15) is 40.0 Å². The standard InChI is InChI=1S/C12H22N2O2/c1-12(2,3)16-11(15)14-8-9-4-5-10(14)6-7-13-9/h9-10,13H,4-8H2,1-3H3. The monoisotopic (exact) mass is 226 g/mol. The third kappa shape index (κ3) is 2.67. The minimum absolute atomic E-state index is 0.147. The summed E-state index contributed by atoms with van der Waals surface area (Å²) in [5, 5.41) is 3.47. The lowest BCUT2D eigenvalue weighted by atomic mass is 10.00. The number of piperidine rings is 1. The lowest BCUT2D eigenvalue weighted by Crippen LogP contribution is -2.50. The number of carbonyl (C=O) groups is 1. The normalized spacial score (nSPS) is 30.1. The van der Waals surface area contributed by atoms with Gasteiger partial charge in [-0.05, 0) is 46.6 Å². The fourth-order valence-corrected chi connectivity index (χ4v) is 2.49. The third-order valence-electron chi connectivity index (χ3n) is 3.24. The quantitative estimate of drug-likeness (QED) is 0.684. The van der Waals surface area contributed by atoms with Crippen molar-refractivity contribution < 1.29 is 9.53 Å². The molecule has 2 atom stereocenters. The van der Waals surface area contributed by atoms with E-state index in [-0.39, 0.29) is 6.09 Å². The van der Waals surface area contributed by atoms with E-state index in [9.17, 15) is 4.79 Å². The van der Waals surface area contributed by atoms with Gasteiger partial charge in [0.25, 0.3) is 0 Å². The van der Waals surface area contributed by atoms with Crippen molar-refractivity contribution in [3.8, 4) is 0 Å². The molecule has 4 heteroatoms. The molecular weight excluding hydrogens is 204 g/mol. The van der Waals surface area contributed by atoms with Crippen LogP contribution in [0.2, 0.25) is 0 Å². The molecule has 0 radical (unpaired) electrons. The predicted octanol–water partition coefficient (Wildman–Crippen LogP) is 1.75. The molecule has 2 unspecified atom stereocenters. The first-order valence-electron chi connectivity index (χ1n) is 6.19. The number of hydrogen-bond donors (Lipinski definition) is 1. The molecule has 4 nitrogen and oxygen atoms in total. The summed E-state index contributed by atoms with van der Waals surface area (Å²) in [5.41, 5.74) is -0.393. The van der Waals surface area contributed by atoms with Crippen LogP contribution < -0.4 is 5.32 Å². The second-order valence-corrected chi connectivity index (χ2v) is 5.80. The van der Waals surface area contributed by atoms with Gasteiger partial charge in [-0.25, -0.2) is 4.79 Å². The smallest absolute Gasteiger partial charge is 0.410 e. The zero-order valence-corrected chi connectivity index (χ0v) is 10.5. The first-order valence-corrected chi connectivity index (χ1v) is 6.19. The fourth-order valence-electron chi connectivity index (χ4n) is 2.49. The molecule has 3 saturated heterocycles. The molecule has 2 bridgehead atoms. The lowest BCUT2D eigenvalue weighted by molar-refractivity contribution is 0.00942. The van der Waals surface area contributed by atoms with Crippen LogP contribution >= 0.6 is 0 Å². The number of fused-ring (bicyclic) bond motifs is 4. The highest BCUT2D eigenvalue weighted by Crippen LogP contribution is 2.25. The lowest BCUT2D eigenvalue weighted by Gasteiger charge is -2.37. The molecule has 0 saturated carbocycles. The van der Waals surface area contributed by atoms with Gasteiger partial charge in [0.2, 0.25) is 0 Å². The summed E-state index contributed by atoms with van der Waals surface area (Å²) in [4.78, 5) is 13.9. The van der Waals surface area contributed by atoms with Crippen LogP contribution in [0.3, 0.4) is 0 Å². The second kappa shape index (κ2) is 4.24. The van der Waals surface area contributed by atoms with Gasteiger partial charge in [0.05, 0.1) is 0 Å². The average molecular weight is 226 g/mol. The van der Waals surface area contributed by atoms with Gasteiger partial charge in [0.15, 0.2) is 0 Å². The minimum Gasteiger partial charge on any atom is -0.444 e. The molecule has 92 valence electrons. The highest BCUT2D eigenvalue weighted by molar-refractivity contribution is 5.68. The number of ether oxygens (including phenoxy) is 1. The highest BCUT2D eigenvalue weighted by atomic mass is 16.6. The van der Waals surface area contributed by atoms with Crippen molar-refractivity contribution in [3.05, 3.63) is 0 Å². The Balaban J connectivity index is 2.01. The molecule has 0 spiro atoms. The predicted molar refractivity (Wildman–Crippen MR) is 62.4 cm³/mol. The van der Waals surface area contributed by atoms with E-state index in [1.165, 1.54) is 6.42 Å². The Kier molecular flexibility index (Phi) is 3.10. The minimum atomic E-state index is -0.393. The first kappa shape index (κ1) is 11.7. The summed E-state index contributed by atoms with van der Waals surface area (Å²) in [7, 11) is 0. The van der Waals surface area contributed by atoms with Crippen molar-refractivity contribution in [2.45, 2.75) is 57.7 Å². The van der Waals surface area contributed by atoms with Gasteiger partial charge in [-0.3, -0.25) is 0 Å². The Morgan fingerprint density at radius 3 is 2.75 bits per heavy atom. The SMILES string of the molecule is CC(C)(C)OC(=O)N1CC2CCC1CCN2. The molecular formula is C12H22N2O2. The van der Waals surface area contributed by atoms with Crippen LogP contribution in [0.25, 0.3) is 0 Å². The molecule has 1 N–H and O–H groups in total. The van der Waals surface area contributed by atoms with Crippen molar-refractivity contribution in [3.63, 3.8) is 0 Å². The van der Waals surface area contributed by atoms with Crippen LogP contribution in [-0.2, 0) is 4.74 Å². The summed E-state index contributed by atoms with van der Waals surface area (Å²) in [6, 6.07) is 0.840. The van der Waals surface area contributed by atoms with Crippen molar-refractivity contribution in [1.29, 1.82) is 0 Å². The van der Waals surface area contributed by atoms with Gasteiger partial charge < -0.3 is 15.0 Å².